The maximum absolute atomic E-state index is 13.8. The van der Waals surface area contributed by atoms with E-state index in [1.165, 1.54) is 12.1 Å². The van der Waals surface area contributed by atoms with Crippen LogP contribution in [0.25, 0.3) is 0 Å². The molecule has 1 heterocycles. The third-order valence-corrected chi connectivity index (χ3v) is 6.44. The topological polar surface area (TPSA) is 49.4 Å². The molecule has 0 bridgehead atoms. The standard InChI is InChI=1S/C24H27FN2O2/c25-20-8-6-7-19(17-20)24(13-4-5-14-24)23(29)27-15-11-18(12-16-27)22(28)26-21-9-2-1-3-10-21/h1-3,6-10,17-18H,4-5,11-16H2,(H,26,28). The van der Waals surface area contributed by atoms with Crippen LogP contribution in [0.2, 0.25) is 0 Å². The van der Waals surface area contributed by atoms with Gasteiger partial charge in [0.25, 0.3) is 0 Å². The molecule has 2 aromatic carbocycles. The average Bonchev–Trinajstić information content (AvgIpc) is 3.25. The summed E-state index contributed by atoms with van der Waals surface area (Å²) < 4.78 is 13.8. The van der Waals surface area contributed by atoms with Crippen LogP contribution in [0.15, 0.2) is 54.6 Å². The normalized spacial score (nSPS) is 19.1. The zero-order valence-electron chi connectivity index (χ0n) is 16.6. The summed E-state index contributed by atoms with van der Waals surface area (Å²) in [4.78, 5) is 28.0. The molecule has 1 aliphatic carbocycles. The van der Waals surface area contributed by atoms with E-state index in [-0.39, 0.29) is 23.5 Å². The van der Waals surface area contributed by atoms with Gasteiger partial charge in [-0.3, -0.25) is 9.59 Å². The summed E-state index contributed by atoms with van der Waals surface area (Å²) in [6, 6.07) is 16.0. The molecule has 0 atom stereocenters. The largest absolute Gasteiger partial charge is 0.342 e. The Balaban J connectivity index is 1.42. The van der Waals surface area contributed by atoms with Gasteiger partial charge in [-0.05, 0) is 55.5 Å². The van der Waals surface area contributed by atoms with Crippen LogP contribution in [0.4, 0.5) is 10.1 Å². The first-order valence-electron chi connectivity index (χ1n) is 10.5. The second-order valence-electron chi connectivity index (χ2n) is 8.22. The van der Waals surface area contributed by atoms with E-state index in [4.69, 9.17) is 0 Å². The van der Waals surface area contributed by atoms with E-state index in [1.54, 1.807) is 6.07 Å². The Morgan fingerprint density at radius 2 is 1.66 bits per heavy atom. The zero-order valence-corrected chi connectivity index (χ0v) is 16.6. The predicted octanol–water partition coefficient (Wildman–Crippen LogP) is 4.51. The van der Waals surface area contributed by atoms with Crippen molar-refractivity contribution in [2.24, 2.45) is 5.92 Å². The number of para-hydroxylation sites is 1. The summed E-state index contributed by atoms with van der Waals surface area (Å²) in [6.07, 6.45) is 4.82. The van der Waals surface area contributed by atoms with Gasteiger partial charge in [-0.25, -0.2) is 4.39 Å². The maximum atomic E-state index is 13.8. The fourth-order valence-electron chi connectivity index (χ4n) is 4.80. The molecule has 2 aliphatic rings. The second kappa shape index (κ2) is 8.36. The number of benzene rings is 2. The van der Waals surface area contributed by atoms with Crippen LogP contribution < -0.4 is 5.32 Å². The highest BCUT2D eigenvalue weighted by Gasteiger charge is 2.45. The van der Waals surface area contributed by atoms with E-state index >= 15 is 0 Å². The number of anilines is 1. The smallest absolute Gasteiger partial charge is 0.233 e. The lowest BCUT2D eigenvalue weighted by atomic mass is 9.77. The Labute approximate surface area is 171 Å². The Hall–Kier alpha value is -2.69. The molecule has 29 heavy (non-hydrogen) atoms. The number of halogens is 1. The van der Waals surface area contributed by atoms with Crippen molar-refractivity contribution in [3.63, 3.8) is 0 Å². The van der Waals surface area contributed by atoms with Crippen molar-refractivity contribution >= 4 is 17.5 Å². The van der Waals surface area contributed by atoms with E-state index in [9.17, 15) is 14.0 Å². The van der Waals surface area contributed by atoms with Gasteiger partial charge in [-0.1, -0.05) is 43.2 Å². The molecule has 1 aliphatic heterocycles. The lowest BCUT2D eigenvalue weighted by Crippen LogP contribution is -2.49. The molecule has 0 aromatic heterocycles. The summed E-state index contributed by atoms with van der Waals surface area (Å²) in [5.41, 5.74) is 0.984. The van der Waals surface area contributed by atoms with Gasteiger partial charge in [-0.2, -0.15) is 0 Å². The highest BCUT2D eigenvalue weighted by atomic mass is 19.1. The van der Waals surface area contributed by atoms with Gasteiger partial charge in [0.15, 0.2) is 0 Å². The Morgan fingerprint density at radius 1 is 0.966 bits per heavy atom. The van der Waals surface area contributed by atoms with Gasteiger partial charge in [0.2, 0.25) is 11.8 Å². The fraction of sp³-hybridized carbons (Fsp3) is 0.417. The van der Waals surface area contributed by atoms with Crippen LogP contribution in [-0.2, 0) is 15.0 Å². The number of piperidine rings is 1. The number of amides is 2. The van der Waals surface area contributed by atoms with Gasteiger partial charge in [0.1, 0.15) is 5.82 Å². The predicted molar refractivity (Wildman–Crippen MR) is 111 cm³/mol. The summed E-state index contributed by atoms with van der Waals surface area (Å²) in [7, 11) is 0. The minimum Gasteiger partial charge on any atom is -0.342 e. The van der Waals surface area contributed by atoms with Crippen molar-refractivity contribution in [3.8, 4) is 0 Å². The highest BCUT2D eigenvalue weighted by molar-refractivity contribution is 5.93. The summed E-state index contributed by atoms with van der Waals surface area (Å²) in [5, 5.41) is 2.97. The summed E-state index contributed by atoms with van der Waals surface area (Å²) in [5.74, 6) is -0.266. The average molecular weight is 394 g/mol. The molecule has 1 saturated carbocycles. The van der Waals surface area contributed by atoms with E-state index in [1.807, 2.05) is 41.3 Å². The van der Waals surface area contributed by atoms with E-state index < -0.39 is 5.41 Å². The maximum Gasteiger partial charge on any atom is 0.233 e. The van der Waals surface area contributed by atoms with Crippen molar-refractivity contribution in [3.05, 3.63) is 66.0 Å². The molecule has 152 valence electrons. The Morgan fingerprint density at radius 3 is 2.31 bits per heavy atom. The number of hydrogen-bond donors (Lipinski definition) is 1. The van der Waals surface area contributed by atoms with Crippen LogP contribution >= 0.6 is 0 Å². The second-order valence-corrected chi connectivity index (χ2v) is 8.22. The number of likely N-dealkylation sites (tertiary alicyclic amines) is 1. The third kappa shape index (κ3) is 4.04. The molecular formula is C24H27FN2O2. The molecule has 0 radical (unpaired) electrons. The van der Waals surface area contributed by atoms with Crippen LogP contribution in [0, 0.1) is 11.7 Å². The number of nitrogens with one attached hydrogen (secondary N) is 1. The highest BCUT2D eigenvalue weighted by Crippen LogP contribution is 2.43. The first-order valence-corrected chi connectivity index (χ1v) is 10.5. The summed E-state index contributed by atoms with van der Waals surface area (Å²) >= 11 is 0. The molecule has 2 amide bonds. The number of hydrogen-bond acceptors (Lipinski definition) is 2. The van der Waals surface area contributed by atoms with E-state index in [0.29, 0.717) is 25.9 Å². The minimum atomic E-state index is -0.610. The fourth-order valence-corrected chi connectivity index (χ4v) is 4.80. The minimum absolute atomic E-state index is 0.0176. The monoisotopic (exact) mass is 394 g/mol. The SMILES string of the molecule is O=C(Nc1ccccc1)C1CCN(C(=O)C2(c3cccc(F)c3)CCCC2)CC1. The van der Waals surface area contributed by atoms with E-state index in [0.717, 1.165) is 36.9 Å². The third-order valence-electron chi connectivity index (χ3n) is 6.44. The molecule has 1 N–H and O–H groups in total. The molecule has 5 heteroatoms. The summed E-state index contributed by atoms with van der Waals surface area (Å²) in [6.45, 7) is 1.14. The number of carbonyl (C=O) groups is 2. The van der Waals surface area contributed by atoms with Crippen LogP contribution in [0.1, 0.15) is 44.1 Å². The molecule has 1 saturated heterocycles. The van der Waals surface area contributed by atoms with Crippen molar-refractivity contribution < 1.29 is 14.0 Å². The molecule has 0 spiro atoms. The molecular weight excluding hydrogens is 367 g/mol. The van der Waals surface area contributed by atoms with Gasteiger partial charge >= 0.3 is 0 Å². The van der Waals surface area contributed by atoms with Crippen LogP contribution in [0.3, 0.4) is 0 Å². The lowest BCUT2D eigenvalue weighted by Gasteiger charge is -2.38. The van der Waals surface area contributed by atoms with Crippen molar-refractivity contribution in [2.75, 3.05) is 18.4 Å². The Bertz CT molecular complexity index is 869. The quantitative estimate of drug-likeness (QED) is 0.829. The van der Waals surface area contributed by atoms with Gasteiger partial charge < -0.3 is 10.2 Å². The number of nitrogens with zero attached hydrogens (tertiary/aromatic N) is 1. The van der Waals surface area contributed by atoms with Crippen molar-refractivity contribution in [1.29, 1.82) is 0 Å². The van der Waals surface area contributed by atoms with Crippen molar-refractivity contribution in [2.45, 2.75) is 43.9 Å². The lowest BCUT2D eigenvalue weighted by molar-refractivity contribution is -0.140. The first-order chi connectivity index (χ1) is 14.1. The Kier molecular flexibility index (Phi) is 5.65. The van der Waals surface area contributed by atoms with Gasteiger partial charge in [-0.15, -0.1) is 0 Å². The van der Waals surface area contributed by atoms with Gasteiger partial charge in [0.05, 0.1) is 5.41 Å². The first kappa shape index (κ1) is 19.6. The zero-order chi connectivity index (χ0) is 20.3. The molecule has 0 unspecified atom stereocenters. The molecule has 4 nitrogen and oxygen atoms in total. The number of rotatable bonds is 4. The molecule has 4 rings (SSSR count). The van der Waals surface area contributed by atoms with E-state index in [2.05, 4.69) is 5.32 Å². The molecule has 2 fully saturated rings. The van der Waals surface area contributed by atoms with Gasteiger partial charge in [0, 0.05) is 24.7 Å². The number of carbonyl (C=O) groups excluding carboxylic acids is 2. The molecule has 2 aromatic rings. The van der Waals surface area contributed by atoms with Crippen LogP contribution in [-0.4, -0.2) is 29.8 Å². The van der Waals surface area contributed by atoms with Crippen molar-refractivity contribution in [1.82, 2.24) is 4.90 Å². The van der Waals surface area contributed by atoms with Crippen LogP contribution in [0.5, 0.6) is 0 Å².